The van der Waals surface area contributed by atoms with Crippen molar-refractivity contribution >= 4 is 5.69 Å². The number of anilines is 1. The fourth-order valence-electron chi connectivity index (χ4n) is 1.12. The summed E-state index contributed by atoms with van der Waals surface area (Å²) in [6, 6.07) is 5.72. The topological polar surface area (TPSA) is 32.3 Å². The van der Waals surface area contributed by atoms with Gasteiger partial charge in [-0.2, -0.15) is 0 Å². The lowest BCUT2D eigenvalue weighted by Crippen LogP contribution is -1.91. The first kappa shape index (κ1) is 8.91. The van der Waals surface area contributed by atoms with Gasteiger partial charge in [-0.1, -0.05) is 19.9 Å². The van der Waals surface area contributed by atoms with Crippen LogP contribution in [-0.4, -0.2) is 12.2 Å². The maximum Gasteiger partial charge on any atom is 0.138 e. The molecule has 0 radical (unpaired) electrons. The Hall–Kier alpha value is -1.18. The van der Waals surface area contributed by atoms with Gasteiger partial charge >= 0.3 is 0 Å². The fourth-order valence-corrected chi connectivity index (χ4v) is 1.12. The van der Waals surface area contributed by atoms with Crippen LogP contribution < -0.4 is 5.32 Å². The average molecular weight is 165 g/mol. The van der Waals surface area contributed by atoms with E-state index in [9.17, 15) is 5.11 Å². The minimum absolute atomic E-state index is 0.323. The van der Waals surface area contributed by atoms with Gasteiger partial charge in [0.2, 0.25) is 0 Å². The summed E-state index contributed by atoms with van der Waals surface area (Å²) in [5, 5.41) is 12.4. The monoisotopic (exact) mass is 165 g/mol. The molecular weight excluding hydrogens is 150 g/mol. The number of phenols is 1. The quantitative estimate of drug-likeness (QED) is 0.660. The van der Waals surface area contributed by atoms with Gasteiger partial charge in [0, 0.05) is 7.05 Å². The van der Waals surface area contributed by atoms with Crippen LogP contribution in [-0.2, 0) is 0 Å². The second-order valence-corrected chi connectivity index (χ2v) is 3.18. The Morgan fingerprint density at radius 2 is 2.00 bits per heavy atom. The first-order valence-corrected chi connectivity index (χ1v) is 4.16. The highest BCUT2D eigenvalue weighted by atomic mass is 16.3. The molecule has 2 nitrogen and oxygen atoms in total. The number of aromatic hydroxyl groups is 1. The zero-order valence-electron chi connectivity index (χ0n) is 7.76. The third-order valence-corrected chi connectivity index (χ3v) is 1.96. The number of hydrogen-bond donors (Lipinski definition) is 2. The van der Waals surface area contributed by atoms with Gasteiger partial charge in [0.05, 0.1) is 5.69 Å². The minimum Gasteiger partial charge on any atom is -0.506 e. The highest BCUT2D eigenvalue weighted by Gasteiger charge is 2.02. The Labute approximate surface area is 73.2 Å². The van der Waals surface area contributed by atoms with E-state index in [-0.39, 0.29) is 0 Å². The highest BCUT2D eigenvalue weighted by Crippen LogP contribution is 2.26. The Bertz CT molecular complexity index is 269. The number of phenolic OH excluding ortho intramolecular Hbond substituents is 1. The van der Waals surface area contributed by atoms with Crippen LogP contribution >= 0.6 is 0 Å². The summed E-state index contributed by atoms with van der Waals surface area (Å²) < 4.78 is 0. The zero-order chi connectivity index (χ0) is 9.14. The van der Waals surface area contributed by atoms with Crippen molar-refractivity contribution in [3.05, 3.63) is 23.8 Å². The number of rotatable bonds is 2. The van der Waals surface area contributed by atoms with Gasteiger partial charge in [-0.05, 0) is 23.6 Å². The maximum absolute atomic E-state index is 9.48. The fraction of sp³-hybridized carbons (Fsp3) is 0.400. The van der Waals surface area contributed by atoms with Crippen LogP contribution in [0.5, 0.6) is 5.75 Å². The van der Waals surface area contributed by atoms with Crippen LogP contribution in [0, 0.1) is 0 Å². The molecule has 0 aliphatic rings. The van der Waals surface area contributed by atoms with Crippen molar-refractivity contribution in [3.8, 4) is 5.75 Å². The molecule has 0 amide bonds. The van der Waals surface area contributed by atoms with Crippen LogP contribution in [0.25, 0.3) is 0 Å². The van der Waals surface area contributed by atoms with E-state index in [0.717, 1.165) is 11.3 Å². The van der Waals surface area contributed by atoms with Crippen molar-refractivity contribution in [2.45, 2.75) is 19.8 Å². The molecular formula is C10H15NO. The summed E-state index contributed by atoms with van der Waals surface area (Å²) in [6.07, 6.45) is 0. The first-order valence-electron chi connectivity index (χ1n) is 4.16. The molecule has 0 saturated carbocycles. The number of nitrogens with one attached hydrogen (secondary N) is 1. The van der Waals surface area contributed by atoms with E-state index in [0.29, 0.717) is 11.7 Å². The third-order valence-electron chi connectivity index (χ3n) is 1.96. The summed E-state index contributed by atoms with van der Waals surface area (Å²) in [6.45, 7) is 4.21. The van der Waals surface area contributed by atoms with Gasteiger partial charge in [-0.3, -0.25) is 0 Å². The molecule has 2 N–H and O–H groups in total. The SMILES string of the molecule is CNc1ccc(C(C)C)cc1O. The summed E-state index contributed by atoms with van der Waals surface area (Å²) in [5.74, 6) is 0.783. The lowest BCUT2D eigenvalue weighted by atomic mass is 10.0. The Morgan fingerprint density at radius 1 is 1.33 bits per heavy atom. The van der Waals surface area contributed by atoms with Gasteiger partial charge in [0.1, 0.15) is 5.75 Å². The standard InChI is InChI=1S/C10H15NO/c1-7(2)8-4-5-9(11-3)10(12)6-8/h4-7,11-12H,1-3H3. The van der Waals surface area contributed by atoms with Crippen LogP contribution in [0.4, 0.5) is 5.69 Å². The second-order valence-electron chi connectivity index (χ2n) is 3.18. The summed E-state index contributed by atoms with van der Waals surface area (Å²) in [5.41, 5.74) is 1.94. The molecule has 1 aromatic carbocycles. The molecule has 0 aliphatic carbocycles. The molecule has 0 aromatic heterocycles. The Balaban J connectivity index is 3.02. The lowest BCUT2D eigenvalue weighted by molar-refractivity contribution is 0.476. The van der Waals surface area contributed by atoms with Crippen molar-refractivity contribution < 1.29 is 5.11 Å². The molecule has 12 heavy (non-hydrogen) atoms. The molecule has 2 heteroatoms. The molecule has 0 spiro atoms. The predicted molar refractivity (Wildman–Crippen MR) is 51.7 cm³/mol. The van der Waals surface area contributed by atoms with E-state index >= 15 is 0 Å². The third kappa shape index (κ3) is 1.70. The van der Waals surface area contributed by atoms with Crippen molar-refractivity contribution in [1.82, 2.24) is 0 Å². The summed E-state index contributed by atoms with van der Waals surface area (Å²) >= 11 is 0. The number of hydrogen-bond acceptors (Lipinski definition) is 2. The normalized spacial score (nSPS) is 10.3. The summed E-state index contributed by atoms with van der Waals surface area (Å²) in [4.78, 5) is 0. The van der Waals surface area contributed by atoms with E-state index in [2.05, 4.69) is 19.2 Å². The zero-order valence-corrected chi connectivity index (χ0v) is 7.76. The smallest absolute Gasteiger partial charge is 0.138 e. The lowest BCUT2D eigenvalue weighted by Gasteiger charge is -2.08. The van der Waals surface area contributed by atoms with Gasteiger partial charge in [-0.15, -0.1) is 0 Å². The molecule has 0 unspecified atom stereocenters. The van der Waals surface area contributed by atoms with E-state index in [1.54, 1.807) is 13.1 Å². The molecule has 1 aromatic rings. The van der Waals surface area contributed by atoms with Crippen molar-refractivity contribution in [2.24, 2.45) is 0 Å². The van der Waals surface area contributed by atoms with Crippen LogP contribution in [0.2, 0.25) is 0 Å². The van der Waals surface area contributed by atoms with E-state index in [1.807, 2.05) is 12.1 Å². The minimum atomic E-state index is 0.323. The molecule has 0 atom stereocenters. The van der Waals surface area contributed by atoms with Gasteiger partial charge in [0.15, 0.2) is 0 Å². The Morgan fingerprint density at radius 3 is 2.42 bits per heavy atom. The predicted octanol–water partition coefficient (Wildman–Crippen LogP) is 2.56. The average Bonchev–Trinajstić information content (AvgIpc) is 2.04. The first-order chi connectivity index (χ1) is 5.65. The van der Waals surface area contributed by atoms with Gasteiger partial charge < -0.3 is 10.4 Å². The van der Waals surface area contributed by atoms with Crippen molar-refractivity contribution in [2.75, 3.05) is 12.4 Å². The van der Waals surface area contributed by atoms with E-state index < -0.39 is 0 Å². The Kier molecular flexibility index (Phi) is 2.58. The molecule has 0 heterocycles. The molecule has 1 rings (SSSR count). The molecule has 0 saturated heterocycles. The van der Waals surface area contributed by atoms with Crippen LogP contribution in [0.1, 0.15) is 25.3 Å². The molecule has 66 valence electrons. The van der Waals surface area contributed by atoms with Crippen LogP contribution in [0.15, 0.2) is 18.2 Å². The second kappa shape index (κ2) is 3.48. The number of benzene rings is 1. The van der Waals surface area contributed by atoms with Crippen molar-refractivity contribution in [1.29, 1.82) is 0 Å². The van der Waals surface area contributed by atoms with Crippen LogP contribution in [0.3, 0.4) is 0 Å². The van der Waals surface area contributed by atoms with E-state index in [1.165, 1.54) is 0 Å². The summed E-state index contributed by atoms with van der Waals surface area (Å²) in [7, 11) is 1.80. The highest BCUT2D eigenvalue weighted by molar-refractivity contribution is 5.56. The van der Waals surface area contributed by atoms with Crippen molar-refractivity contribution in [3.63, 3.8) is 0 Å². The van der Waals surface area contributed by atoms with Gasteiger partial charge in [0.25, 0.3) is 0 Å². The molecule has 0 aliphatic heterocycles. The maximum atomic E-state index is 9.48. The molecule has 0 fully saturated rings. The largest absolute Gasteiger partial charge is 0.506 e. The van der Waals surface area contributed by atoms with Gasteiger partial charge in [-0.25, -0.2) is 0 Å². The van der Waals surface area contributed by atoms with E-state index in [4.69, 9.17) is 0 Å². The molecule has 0 bridgehead atoms.